The number of carbonyl (C=O) groups excluding carboxylic acids is 1. The van der Waals surface area contributed by atoms with Crippen molar-refractivity contribution in [2.45, 2.75) is 28.7 Å². The molecule has 25 heavy (non-hydrogen) atoms. The number of nitrogens with one attached hydrogen (secondary N) is 2. The highest BCUT2D eigenvalue weighted by atomic mass is 32.2. The third kappa shape index (κ3) is 3.93. The molecular weight excluding hydrogens is 340 g/mol. The molecule has 0 spiro atoms. The van der Waals surface area contributed by atoms with Crippen LogP contribution in [0.25, 0.3) is 0 Å². The Bertz CT molecular complexity index is 862. The first-order valence-corrected chi connectivity index (χ1v) is 9.51. The first kappa shape index (κ1) is 17.3. The summed E-state index contributed by atoms with van der Waals surface area (Å²) in [6.45, 7) is 0.000970. The van der Waals surface area contributed by atoms with Gasteiger partial charge in [-0.25, -0.2) is 8.42 Å². The summed E-state index contributed by atoms with van der Waals surface area (Å²) in [6.07, 6.45) is 2.00. The first-order chi connectivity index (χ1) is 12.0. The molecule has 7 heteroatoms. The maximum absolute atomic E-state index is 13.0. The van der Waals surface area contributed by atoms with E-state index in [2.05, 4.69) is 10.6 Å². The number of sulfone groups is 1. The van der Waals surface area contributed by atoms with E-state index in [1.807, 2.05) is 0 Å². The van der Waals surface area contributed by atoms with E-state index in [9.17, 15) is 13.2 Å². The summed E-state index contributed by atoms with van der Waals surface area (Å²) in [5.41, 5.74) is 0.342. The molecule has 0 bridgehead atoms. The van der Waals surface area contributed by atoms with E-state index in [0.29, 0.717) is 5.69 Å². The molecule has 0 heterocycles. The van der Waals surface area contributed by atoms with Crippen LogP contribution < -0.4 is 15.4 Å². The Morgan fingerprint density at radius 3 is 2.48 bits per heavy atom. The fourth-order valence-corrected chi connectivity index (χ4v) is 4.09. The van der Waals surface area contributed by atoms with E-state index < -0.39 is 9.84 Å². The molecule has 1 aliphatic rings. The van der Waals surface area contributed by atoms with E-state index in [4.69, 9.17) is 4.74 Å². The van der Waals surface area contributed by atoms with Crippen molar-refractivity contribution in [2.24, 2.45) is 0 Å². The smallest absolute Gasteiger partial charge is 0.239 e. The number of methoxy groups -OCH3 is 1. The lowest BCUT2D eigenvalue weighted by atomic mass is 10.3. The van der Waals surface area contributed by atoms with E-state index in [0.717, 1.165) is 12.8 Å². The molecule has 0 saturated heterocycles. The van der Waals surface area contributed by atoms with Crippen LogP contribution in [0.1, 0.15) is 12.8 Å². The molecule has 1 fully saturated rings. The molecule has 1 saturated carbocycles. The zero-order valence-electron chi connectivity index (χ0n) is 13.9. The van der Waals surface area contributed by atoms with Crippen molar-refractivity contribution in [3.8, 4) is 5.75 Å². The lowest BCUT2D eigenvalue weighted by Gasteiger charge is -2.16. The quantitative estimate of drug-likeness (QED) is 0.791. The molecule has 2 aromatic carbocycles. The van der Waals surface area contributed by atoms with Crippen LogP contribution in [0.2, 0.25) is 0 Å². The second-order valence-corrected chi connectivity index (χ2v) is 7.74. The Balaban J connectivity index is 1.92. The number of carbonyl (C=O) groups is 1. The standard InChI is InChI=1S/C18H20N2O4S/c1-24-16-9-5-8-15(19-12-17(21)20-13-10-11-13)18(16)25(22,23)14-6-3-2-4-7-14/h2-9,13,19H,10-12H2,1H3,(H,20,21). The van der Waals surface area contributed by atoms with Gasteiger partial charge in [0.1, 0.15) is 10.6 Å². The minimum Gasteiger partial charge on any atom is -0.495 e. The van der Waals surface area contributed by atoms with Crippen LogP contribution in [0, 0.1) is 0 Å². The van der Waals surface area contributed by atoms with E-state index in [1.54, 1.807) is 36.4 Å². The van der Waals surface area contributed by atoms with Gasteiger partial charge in [0.2, 0.25) is 15.7 Å². The molecule has 2 N–H and O–H groups in total. The van der Waals surface area contributed by atoms with Crippen molar-refractivity contribution in [1.29, 1.82) is 0 Å². The number of anilines is 1. The maximum Gasteiger partial charge on any atom is 0.239 e. The zero-order chi connectivity index (χ0) is 17.9. The van der Waals surface area contributed by atoms with Gasteiger partial charge in [0, 0.05) is 6.04 Å². The number of hydrogen-bond donors (Lipinski definition) is 2. The Labute approximate surface area is 147 Å². The van der Waals surface area contributed by atoms with E-state index in [-0.39, 0.29) is 34.0 Å². The summed E-state index contributed by atoms with van der Waals surface area (Å²) >= 11 is 0. The monoisotopic (exact) mass is 360 g/mol. The third-order valence-corrected chi connectivity index (χ3v) is 5.75. The van der Waals surface area contributed by atoms with Crippen molar-refractivity contribution in [3.05, 3.63) is 48.5 Å². The molecule has 3 rings (SSSR count). The number of ether oxygens (including phenoxy) is 1. The number of hydrogen-bond acceptors (Lipinski definition) is 5. The first-order valence-electron chi connectivity index (χ1n) is 8.03. The predicted octanol–water partition coefficient (Wildman–Crippen LogP) is 2.22. The second-order valence-electron chi connectivity index (χ2n) is 5.85. The molecule has 0 radical (unpaired) electrons. The molecule has 0 aliphatic heterocycles. The van der Waals surface area contributed by atoms with E-state index >= 15 is 0 Å². The molecule has 6 nitrogen and oxygen atoms in total. The largest absolute Gasteiger partial charge is 0.495 e. The third-order valence-electron chi connectivity index (χ3n) is 3.90. The summed E-state index contributed by atoms with van der Waals surface area (Å²) in [6, 6.07) is 13.3. The summed E-state index contributed by atoms with van der Waals surface area (Å²) < 4.78 is 31.3. The predicted molar refractivity (Wildman–Crippen MR) is 94.5 cm³/mol. The van der Waals surface area contributed by atoms with Crippen LogP contribution in [0.3, 0.4) is 0 Å². The van der Waals surface area contributed by atoms with E-state index in [1.165, 1.54) is 19.2 Å². The Morgan fingerprint density at radius 1 is 1.12 bits per heavy atom. The number of rotatable bonds is 7. The van der Waals surface area contributed by atoms with Crippen LogP contribution in [0.15, 0.2) is 58.3 Å². The van der Waals surface area contributed by atoms with Crippen molar-refractivity contribution in [1.82, 2.24) is 5.32 Å². The van der Waals surface area contributed by atoms with Crippen LogP contribution in [-0.4, -0.2) is 34.0 Å². The fourth-order valence-electron chi connectivity index (χ4n) is 2.49. The summed E-state index contributed by atoms with van der Waals surface area (Å²) in [5.74, 6) is 0.0739. The molecule has 0 aromatic heterocycles. The highest BCUT2D eigenvalue weighted by Gasteiger charge is 2.27. The number of benzene rings is 2. The van der Waals surface area contributed by atoms with Crippen LogP contribution in [-0.2, 0) is 14.6 Å². The molecule has 1 amide bonds. The average molecular weight is 360 g/mol. The lowest BCUT2D eigenvalue weighted by Crippen LogP contribution is -2.31. The Kier molecular flexibility index (Phi) is 4.94. The fraction of sp³-hybridized carbons (Fsp3) is 0.278. The normalized spacial score (nSPS) is 14.0. The SMILES string of the molecule is COc1cccc(NCC(=O)NC2CC2)c1S(=O)(=O)c1ccccc1. The average Bonchev–Trinajstić information content (AvgIpc) is 3.44. The molecule has 132 valence electrons. The van der Waals surface area contributed by atoms with Gasteiger partial charge in [0.25, 0.3) is 0 Å². The summed E-state index contributed by atoms with van der Waals surface area (Å²) in [4.78, 5) is 12.1. The Hall–Kier alpha value is -2.54. The van der Waals surface area contributed by atoms with Gasteiger partial charge in [-0.05, 0) is 37.1 Å². The van der Waals surface area contributed by atoms with Crippen LogP contribution >= 0.6 is 0 Å². The maximum atomic E-state index is 13.0. The van der Waals surface area contributed by atoms with Gasteiger partial charge in [-0.3, -0.25) is 4.79 Å². The van der Waals surface area contributed by atoms with Crippen LogP contribution in [0.4, 0.5) is 5.69 Å². The topological polar surface area (TPSA) is 84.5 Å². The minimum absolute atomic E-state index is 0.000970. The van der Waals surface area contributed by atoms with Crippen molar-refractivity contribution >= 4 is 21.4 Å². The second kappa shape index (κ2) is 7.14. The summed E-state index contributed by atoms with van der Waals surface area (Å²) in [7, 11) is -2.37. The van der Waals surface area contributed by atoms with Crippen molar-refractivity contribution in [3.63, 3.8) is 0 Å². The van der Waals surface area contributed by atoms with Gasteiger partial charge in [-0.1, -0.05) is 24.3 Å². The highest BCUT2D eigenvalue weighted by Crippen LogP contribution is 2.35. The van der Waals surface area contributed by atoms with Gasteiger partial charge in [0.15, 0.2) is 0 Å². The van der Waals surface area contributed by atoms with Gasteiger partial charge in [0.05, 0.1) is 24.2 Å². The molecule has 0 atom stereocenters. The van der Waals surface area contributed by atoms with Gasteiger partial charge in [-0.2, -0.15) is 0 Å². The minimum atomic E-state index is -3.79. The highest BCUT2D eigenvalue weighted by molar-refractivity contribution is 7.91. The van der Waals surface area contributed by atoms with Gasteiger partial charge >= 0.3 is 0 Å². The molecular formula is C18H20N2O4S. The molecule has 1 aliphatic carbocycles. The van der Waals surface area contributed by atoms with Crippen molar-refractivity contribution < 1.29 is 17.9 Å². The Morgan fingerprint density at radius 2 is 1.84 bits per heavy atom. The van der Waals surface area contributed by atoms with Gasteiger partial charge < -0.3 is 15.4 Å². The number of amides is 1. The molecule has 0 unspecified atom stereocenters. The van der Waals surface area contributed by atoms with Gasteiger partial charge in [-0.15, -0.1) is 0 Å². The van der Waals surface area contributed by atoms with Crippen molar-refractivity contribution in [2.75, 3.05) is 19.0 Å². The van der Waals surface area contributed by atoms with Crippen LogP contribution in [0.5, 0.6) is 5.75 Å². The lowest BCUT2D eigenvalue weighted by molar-refractivity contribution is -0.119. The summed E-state index contributed by atoms with van der Waals surface area (Å²) in [5, 5.41) is 5.79. The zero-order valence-corrected chi connectivity index (χ0v) is 14.7. The molecule has 2 aromatic rings.